The van der Waals surface area contributed by atoms with Crippen LogP contribution in [0.3, 0.4) is 0 Å². The Morgan fingerprint density at radius 1 is 1.00 bits per heavy atom. The first-order valence-electron chi connectivity index (χ1n) is 10.9. The molecule has 1 aliphatic heterocycles. The number of rotatable bonds is 3. The number of benzene rings is 1. The Morgan fingerprint density at radius 2 is 1.87 bits per heavy atom. The smallest absolute Gasteiger partial charge is 0.224 e. The first-order chi connectivity index (χ1) is 15.3. The van der Waals surface area contributed by atoms with Gasteiger partial charge in [-0.1, -0.05) is 31.0 Å². The van der Waals surface area contributed by atoms with Crippen LogP contribution in [0, 0.1) is 0 Å². The van der Waals surface area contributed by atoms with Gasteiger partial charge in [0.15, 0.2) is 11.5 Å². The number of aromatic nitrogens is 3. The second-order valence-corrected chi connectivity index (χ2v) is 7.64. The molecule has 0 N–H and O–H groups in total. The van der Waals surface area contributed by atoms with Gasteiger partial charge >= 0.3 is 0 Å². The van der Waals surface area contributed by atoms with E-state index in [1.165, 1.54) is 0 Å². The Labute approximate surface area is 182 Å². The van der Waals surface area contributed by atoms with E-state index in [2.05, 4.69) is 9.97 Å². The molecule has 4 rings (SSSR count). The Kier molecular flexibility index (Phi) is 7.16. The molecule has 0 atom stereocenters. The normalized spacial score (nSPS) is 15.0. The van der Waals surface area contributed by atoms with Crippen molar-refractivity contribution in [2.75, 3.05) is 13.2 Å². The molecular formula is C24H28N4O3. The summed E-state index contributed by atoms with van der Waals surface area (Å²) in [7, 11) is 0. The Hall–Kier alpha value is -3.35. The molecule has 0 aliphatic carbocycles. The lowest BCUT2D eigenvalue weighted by Crippen LogP contribution is -2.32. The van der Waals surface area contributed by atoms with Gasteiger partial charge in [-0.15, -0.1) is 0 Å². The fraction of sp³-hybridized carbons (Fsp3) is 0.375. The molecule has 0 unspecified atom stereocenters. The molecular weight excluding hydrogens is 392 g/mol. The van der Waals surface area contributed by atoms with Crippen molar-refractivity contribution in [1.82, 2.24) is 19.4 Å². The Bertz CT molecular complexity index is 974. The zero-order valence-electron chi connectivity index (χ0n) is 17.7. The number of para-hydroxylation sites is 2. The van der Waals surface area contributed by atoms with Gasteiger partial charge in [-0.2, -0.15) is 0 Å². The Balaban J connectivity index is 1.55. The minimum atomic E-state index is 0.124. The highest BCUT2D eigenvalue weighted by Crippen LogP contribution is 2.32. The summed E-state index contributed by atoms with van der Waals surface area (Å²) < 4.78 is 14.0. The summed E-state index contributed by atoms with van der Waals surface area (Å²) in [6, 6.07) is 11.5. The highest BCUT2D eigenvalue weighted by molar-refractivity contribution is 5.76. The molecule has 0 radical (unpaired) electrons. The van der Waals surface area contributed by atoms with Crippen LogP contribution in [0.15, 0.2) is 61.3 Å². The molecule has 0 saturated carbocycles. The monoisotopic (exact) mass is 420 g/mol. The van der Waals surface area contributed by atoms with Gasteiger partial charge in [-0.3, -0.25) is 4.79 Å². The quantitative estimate of drug-likeness (QED) is 0.626. The van der Waals surface area contributed by atoms with Gasteiger partial charge in [-0.25, -0.2) is 9.97 Å². The lowest BCUT2D eigenvalue weighted by molar-refractivity contribution is -0.132. The maximum atomic E-state index is 13.1. The van der Waals surface area contributed by atoms with E-state index in [1.54, 1.807) is 18.7 Å². The molecule has 0 fully saturated rings. The fourth-order valence-electron chi connectivity index (χ4n) is 3.63. The molecule has 3 aromatic rings. The van der Waals surface area contributed by atoms with Crippen molar-refractivity contribution in [1.29, 1.82) is 0 Å². The average Bonchev–Trinajstić information content (AvgIpc) is 3.31. The standard InChI is InChI=1S/C24H28N4O3/c29-23(11-15-27-16-13-25-19-27)28-14-5-1-2-6-17-30-21-9-3-4-10-22(21)31-24-20(18-28)8-7-12-26-24/h3-4,7-10,12-13,16,19H,1-2,5-6,11,14-15,17-18H2. The van der Waals surface area contributed by atoms with E-state index in [-0.39, 0.29) is 5.91 Å². The number of carbonyl (C=O) groups is 1. The van der Waals surface area contributed by atoms with Crippen molar-refractivity contribution >= 4 is 5.91 Å². The van der Waals surface area contributed by atoms with Crippen LogP contribution in [-0.4, -0.2) is 38.5 Å². The number of hydrogen-bond donors (Lipinski definition) is 0. The first kappa shape index (κ1) is 20.9. The third kappa shape index (κ3) is 5.84. The molecule has 0 spiro atoms. The maximum absolute atomic E-state index is 13.1. The van der Waals surface area contributed by atoms with Crippen LogP contribution in [-0.2, 0) is 17.9 Å². The van der Waals surface area contributed by atoms with E-state index in [0.717, 1.165) is 31.2 Å². The molecule has 0 saturated heterocycles. The molecule has 31 heavy (non-hydrogen) atoms. The molecule has 2 aromatic heterocycles. The van der Waals surface area contributed by atoms with E-state index in [0.29, 0.717) is 50.0 Å². The summed E-state index contributed by atoms with van der Waals surface area (Å²) in [4.78, 5) is 23.5. The Morgan fingerprint density at radius 3 is 2.74 bits per heavy atom. The number of fused-ring (bicyclic) bond motifs is 2. The SMILES string of the molecule is O=C(CCn1ccnc1)N1CCCCCCOc2ccccc2Oc2ncccc2C1. The zero-order valence-corrected chi connectivity index (χ0v) is 17.7. The summed E-state index contributed by atoms with van der Waals surface area (Å²) in [5.74, 6) is 1.98. The van der Waals surface area contributed by atoms with Crippen LogP contribution in [0.25, 0.3) is 0 Å². The average molecular weight is 421 g/mol. The number of amides is 1. The summed E-state index contributed by atoms with van der Waals surface area (Å²) in [6.07, 6.45) is 11.5. The summed E-state index contributed by atoms with van der Waals surface area (Å²) >= 11 is 0. The molecule has 7 heteroatoms. The number of hydrogen-bond acceptors (Lipinski definition) is 5. The second kappa shape index (κ2) is 10.6. The molecule has 3 heterocycles. The third-order valence-electron chi connectivity index (χ3n) is 5.34. The van der Waals surface area contributed by atoms with E-state index in [1.807, 2.05) is 52.1 Å². The van der Waals surface area contributed by atoms with Gasteiger partial charge < -0.3 is 18.9 Å². The van der Waals surface area contributed by atoms with Crippen LogP contribution < -0.4 is 9.47 Å². The predicted octanol–water partition coefficient (Wildman–Crippen LogP) is 4.44. The number of ether oxygens (including phenoxy) is 2. The molecule has 7 nitrogen and oxygen atoms in total. The van der Waals surface area contributed by atoms with Gasteiger partial charge in [0, 0.05) is 43.7 Å². The number of imidazole rings is 1. The van der Waals surface area contributed by atoms with E-state index >= 15 is 0 Å². The highest BCUT2D eigenvalue weighted by atomic mass is 16.5. The number of pyridine rings is 1. The summed E-state index contributed by atoms with van der Waals surface area (Å²) in [5.41, 5.74) is 0.880. The minimum absolute atomic E-state index is 0.124. The van der Waals surface area contributed by atoms with Crippen LogP contribution in [0.1, 0.15) is 37.7 Å². The van der Waals surface area contributed by atoms with Gasteiger partial charge in [0.25, 0.3) is 0 Å². The van der Waals surface area contributed by atoms with Crippen molar-refractivity contribution < 1.29 is 14.3 Å². The number of aryl methyl sites for hydroxylation is 1. The van der Waals surface area contributed by atoms with Crippen molar-refractivity contribution in [2.45, 2.75) is 45.2 Å². The predicted molar refractivity (Wildman–Crippen MR) is 117 cm³/mol. The summed E-state index contributed by atoms with van der Waals surface area (Å²) in [5, 5.41) is 0. The second-order valence-electron chi connectivity index (χ2n) is 7.64. The van der Waals surface area contributed by atoms with Crippen LogP contribution in [0.5, 0.6) is 17.4 Å². The van der Waals surface area contributed by atoms with Gasteiger partial charge in [0.2, 0.25) is 11.8 Å². The van der Waals surface area contributed by atoms with E-state index in [4.69, 9.17) is 9.47 Å². The summed E-state index contributed by atoms with van der Waals surface area (Å²) in [6.45, 7) is 2.45. The van der Waals surface area contributed by atoms with E-state index < -0.39 is 0 Å². The van der Waals surface area contributed by atoms with Crippen molar-refractivity contribution in [3.8, 4) is 17.4 Å². The molecule has 1 aromatic carbocycles. The zero-order chi connectivity index (χ0) is 21.3. The van der Waals surface area contributed by atoms with Gasteiger partial charge in [0.1, 0.15) is 0 Å². The van der Waals surface area contributed by atoms with Crippen molar-refractivity contribution in [2.24, 2.45) is 0 Å². The minimum Gasteiger partial charge on any atom is -0.490 e. The molecule has 162 valence electrons. The van der Waals surface area contributed by atoms with Crippen LogP contribution >= 0.6 is 0 Å². The first-order valence-corrected chi connectivity index (χ1v) is 10.9. The lowest BCUT2D eigenvalue weighted by atomic mass is 10.1. The van der Waals surface area contributed by atoms with Crippen LogP contribution in [0.2, 0.25) is 0 Å². The van der Waals surface area contributed by atoms with Crippen molar-refractivity contribution in [3.05, 3.63) is 66.9 Å². The van der Waals surface area contributed by atoms with Crippen molar-refractivity contribution in [3.63, 3.8) is 0 Å². The largest absolute Gasteiger partial charge is 0.490 e. The fourth-order valence-corrected chi connectivity index (χ4v) is 3.63. The molecule has 0 bridgehead atoms. The number of carbonyl (C=O) groups excluding carboxylic acids is 1. The van der Waals surface area contributed by atoms with Crippen LogP contribution in [0.4, 0.5) is 0 Å². The highest BCUT2D eigenvalue weighted by Gasteiger charge is 2.18. The molecule has 1 amide bonds. The van der Waals surface area contributed by atoms with Gasteiger partial charge in [-0.05, 0) is 31.0 Å². The van der Waals surface area contributed by atoms with Gasteiger partial charge in [0.05, 0.1) is 19.5 Å². The third-order valence-corrected chi connectivity index (χ3v) is 5.34. The number of nitrogens with zero attached hydrogens (tertiary/aromatic N) is 4. The topological polar surface area (TPSA) is 69.5 Å². The lowest BCUT2D eigenvalue weighted by Gasteiger charge is -2.24. The maximum Gasteiger partial charge on any atom is 0.224 e. The molecule has 1 aliphatic rings. The van der Waals surface area contributed by atoms with E-state index in [9.17, 15) is 4.79 Å².